The van der Waals surface area contributed by atoms with Gasteiger partial charge < -0.3 is 10.6 Å². The smallest absolute Gasteiger partial charge is 0.221 e. The molecule has 1 heterocycles. The van der Waals surface area contributed by atoms with Gasteiger partial charge in [-0.2, -0.15) is 0 Å². The lowest BCUT2D eigenvalue weighted by atomic mass is 10.1. The summed E-state index contributed by atoms with van der Waals surface area (Å²) in [6.45, 7) is 5.07. The Bertz CT molecular complexity index is 157. The van der Waals surface area contributed by atoms with Gasteiger partial charge >= 0.3 is 0 Å². The highest BCUT2D eigenvalue weighted by Gasteiger charge is 2.16. The van der Waals surface area contributed by atoms with E-state index in [2.05, 4.69) is 24.5 Å². The van der Waals surface area contributed by atoms with Gasteiger partial charge in [-0.3, -0.25) is 4.79 Å². The second-order valence-electron chi connectivity index (χ2n) is 3.71. The molecule has 1 aliphatic rings. The van der Waals surface area contributed by atoms with Crippen LogP contribution in [0.4, 0.5) is 0 Å². The normalized spacial score (nSPS) is 25.2. The Labute approximate surface area is 73.9 Å². The molecule has 1 amide bonds. The maximum atomic E-state index is 11.1. The molecule has 0 saturated carbocycles. The first kappa shape index (κ1) is 9.52. The molecule has 1 fully saturated rings. The second kappa shape index (κ2) is 4.45. The molecule has 2 N–H and O–H groups in total. The van der Waals surface area contributed by atoms with Crippen LogP contribution in [0.2, 0.25) is 0 Å². The third-order valence-corrected chi connectivity index (χ3v) is 2.05. The quantitative estimate of drug-likeness (QED) is 0.639. The maximum absolute atomic E-state index is 11.1. The van der Waals surface area contributed by atoms with Crippen LogP contribution in [0.3, 0.4) is 0 Å². The first-order valence-corrected chi connectivity index (χ1v) is 4.71. The van der Waals surface area contributed by atoms with Crippen molar-refractivity contribution in [3.63, 3.8) is 0 Å². The van der Waals surface area contributed by atoms with Gasteiger partial charge in [0.15, 0.2) is 0 Å². The summed E-state index contributed by atoms with van der Waals surface area (Å²) in [5.41, 5.74) is 0. The zero-order chi connectivity index (χ0) is 8.97. The fourth-order valence-electron chi connectivity index (χ4n) is 1.59. The molecule has 1 atom stereocenters. The minimum absolute atomic E-state index is 0.186. The van der Waals surface area contributed by atoms with Crippen LogP contribution in [0.15, 0.2) is 0 Å². The van der Waals surface area contributed by atoms with Crippen LogP contribution in [-0.2, 0) is 4.79 Å². The average molecular weight is 170 g/mol. The topological polar surface area (TPSA) is 41.1 Å². The number of hydrogen-bond acceptors (Lipinski definition) is 2. The molecular weight excluding hydrogens is 152 g/mol. The van der Waals surface area contributed by atoms with E-state index in [4.69, 9.17) is 0 Å². The van der Waals surface area contributed by atoms with Crippen molar-refractivity contribution in [3.05, 3.63) is 0 Å². The summed E-state index contributed by atoms with van der Waals surface area (Å²) in [4.78, 5) is 11.1. The summed E-state index contributed by atoms with van der Waals surface area (Å²) in [5.74, 6) is 0.186. The minimum atomic E-state index is 0.186. The summed E-state index contributed by atoms with van der Waals surface area (Å²) in [6, 6.07) is 0.855. The second-order valence-corrected chi connectivity index (χ2v) is 3.71. The monoisotopic (exact) mass is 170 g/mol. The summed E-state index contributed by atoms with van der Waals surface area (Å²) in [6.07, 6.45) is 2.84. The Morgan fingerprint density at radius 2 is 2.33 bits per heavy atom. The van der Waals surface area contributed by atoms with Gasteiger partial charge in [0.05, 0.1) is 0 Å². The maximum Gasteiger partial charge on any atom is 0.221 e. The van der Waals surface area contributed by atoms with Gasteiger partial charge in [-0.1, -0.05) is 13.8 Å². The van der Waals surface area contributed by atoms with Crippen LogP contribution in [0, 0.1) is 0 Å². The largest absolute Gasteiger partial charge is 0.356 e. The summed E-state index contributed by atoms with van der Waals surface area (Å²) >= 11 is 0. The van der Waals surface area contributed by atoms with E-state index in [-0.39, 0.29) is 5.91 Å². The van der Waals surface area contributed by atoms with Crippen LogP contribution in [0.1, 0.15) is 33.1 Å². The molecule has 0 radical (unpaired) electrons. The Hall–Kier alpha value is -0.570. The standard InChI is InChI=1S/C9H18N2O/c1-7(2)11-8-4-3-5-10-9(12)6-8/h7-8,11H,3-6H2,1-2H3,(H,10,12). The molecule has 0 aromatic rings. The lowest BCUT2D eigenvalue weighted by Crippen LogP contribution is -2.36. The number of carbonyl (C=O) groups is 1. The van der Waals surface area contributed by atoms with Gasteiger partial charge in [-0.05, 0) is 12.8 Å². The van der Waals surface area contributed by atoms with E-state index in [1.807, 2.05) is 0 Å². The van der Waals surface area contributed by atoms with E-state index in [1.54, 1.807) is 0 Å². The fraction of sp³-hybridized carbons (Fsp3) is 0.889. The molecular formula is C9H18N2O. The Balaban J connectivity index is 2.36. The van der Waals surface area contributed by atoms with E-state index >= 15 is 0 Å². The van der Waals surface area contributed by atoms with Gasteiger partial charge in [-0.25, -0.2) is 0 Å². The molecule has 0 aromatic carbocycles. The van der Waals surface area contributed by atoms with Crippen LogP contribution in [-0.4, -0.2) is 24.5 Å². The minimum Gasteiger partial charge on any atom is -0.356 e. The Kier molecular flexibility index (Phi) is 3.53. The predicted octanol–water partition coefficient (Wildman–Crippen LogP) is 0.653. The van der Waals surface area contributed by atoms with Crippen molar-refractivity contribution in [1.29, 1.82) is 0 Å². The molecule has 3 nitrogen and oxygen atoms in total. The summed E-state index contributed by atoms with van der Waals surface area (Å²) in [7, 11) is 0. The zero-order valence-electron chi connectivity index (χ0n) is 7.89. The molecule has 70 valence electrons. The lowest BCUT2D eigenvalue weighted by Gasteiger charge is -2.17. The number of carbonyl (C=O) groups excluding carboxylic acids is 1. The molecule has 0 aromatic heterocycles. The van der Waals surface area contributed by atoms with Gasteiger partial charge in [0.2, 0.25) is 5.91 Å². The molecule has 12 heavy (non-hydrogen) atoms. The van der Waals surface area contributed by atoms with Crippen molar-refractivity contribution in [2.75, 3.05) is 6.54 Å². The van der Waals surface area contributed by atoms with Gasteiger partial charge in [0, 0.05) is 25.0 Å². The zero-order valence-corrected chi connectivity index (χ0v) is 7.89. The van der Waals surface area contributed by atoms with Crippen molar-refractivity contribution in [3.8, 4) is 0 Å². The van der Waals surface area contributed by atoms with Crippen LogP contribution in [0.5, 0.6) is 0 Å². The number of rotatable bonds is 2. The van der Waals surface area contributed by atoms with Gasteiger partial charge in [0.25, 0.3) is 0 Å². The van der Waals surface area contributed by atoms with Crippen LogP contribution < -0.4 is 10.6 Å². The fourth-order valence-corrected chi connectivity index (χ4v) is 1.59. The molecule has 0 spiro atoms. The molecule has 1 unspecified atom stereocenters. The van der Waals surface area contributed by atoms with Gasteiger partial charge in [-0.15, -0.1) is 0 Å². The van der Waals surface area contributed by atoms with Crippen LogP contribution >= 0.6 is 0 Å². The SMILES string of the molecule is CC(C)NC1CCCNC(=O)C1. The van der Waals surface area contributed by atoms with Gasteiger partial charge in [0.1, 0.15) is 0 Å². The van der Waals surface area contributed by atoms with Crippen molar-refractivity contribution < 1.29 is 4.79 Å². The molecule has 0 bridgehead atoms. The highest BCUT2D eigenvalue weighted by molar-refractivity contribution is 5.76. The molecule has 1 aliphatic heterocycles. The Morgan fingerprint density at radius 3 is 3.00 bits per heavy atom. The van der Waals surface area contributed by atoms with Crippen molar-refractivity contribution in [2.45, 2.75) is 45.2 Å². The molecule has 0 aliphatic carbocycles. The van der Waals surface area contributed by atoms with Crippen LogP contribution in [0.25, 0.3) is 0 Å². The van der Waals surface area contributed by atoms with E-state index in [9.17, 15) is 4.79 Å². The first-order chi connectivity index (χ1) is 5.68. The number of amides is 1. The summed E-state index contributed by atoms with van der Waals surface area (Å²) in [5, 5.41) is 6.26. The lowest BCUT2D eigenvalue weighted by molar-refractivity contribution is -0.121. The van der Waals surface area contributed by atoms with Crippen molar-refractivity contribution in [2.24, 2.45) is 0 Å². The van der Waals surface area contributed by atoms with E-state index in [1.165, 1.54) is 0 Å². The average Bonchev–Trinajstić information content (AvgIpc) is 2.12. The molecule has 1 saturated heterocycles. The first-order valence-electron chi connectivity index (χ1n) is 4.71. The number of nitrogens with one attached hydrogen (secondary N) is 2. The van der Waals surface area contributed by atoms with Crippen molar-refractivity contribution >= 4 is 5.91 Å². The number of hydrogen-bond donors (Lipinski definition) is 2. The van der Waals surface area contributed by atoms with E-state index < -0.39 is 0 Å². The molecule has 1 rings (SSSR count). The highest BCUT2D eigenvalue weighted by atomic mass is 16.1. The Morgan fingerprint density at radius 1 is 1.58 bits per heavy atom. The third kappa shape index (κ3) is 3.22. The highest BCUT2D eigenvalue weighted by Crippen LogP contribution is 2.06. The third-order valence-electron chi connectivity index (χ3n) is 2.05. The van der Waals surface area contributed by atoms with E-state index in [0.29, 0.717) is 18.5 Å². The van der Waals surface area contributed by atoms with Crippen molar-refractivity contribution in [1.82, 2.24) is 10.6 Å². The van der Waals surface area contributed by atoms with E-state index in [0.717, 1.165) is 19.4 Å². The summed E-state index contributed by atoms with van der Waals surface area (Å²) < 4.78 is 0. The molecule has 3 heteroatoms. The predicted molar refractivity (Wildman–Crippen MR) is 48.9 cm³/mol.